The van der Waals surface area contributed by atoms with E-state index in [0.717, 1.165) is 11.0 Å². The first-order chi connectivity index (χ1) is 9.07. The minimum Gasteiger partial charge on any atom is -0.480 e. The zero-order chi connectivity index (χ0) is 15.7. The second-order valence-corrected chi connectivity index (χ2v) is 5.45. The van der Waals surface area contributed by atoms with Crippen LogP contribution in [0.15, 0.2) is 16.6 Å². The van der Waals surface area contributed by atoms with Crippen molar-refractivity contribution in [1.29, 1.82) is 0 Å². The summed E-state index contributed by atoms with van der Waals surface area (Å²) >= 11 is 2.93. The third-order valence-electron chi connectivity index (χ3n) is 2.91. The number of anilines is 1. The molecule has 0 aliphatic rings. The van der Waals surface area contributed by atoms with Crippen molar-refractivity contribution in [3.8, 4) is 0 Å². The van der Waals surface area contributed by atoms with E-state index in [1.54, 1.807) is 0 Å². The van der Waals surface area contributed by atoms with E-state index < -0.39 is 29.2 Å². The molecule has 5 nitrogen and oxygen atoms in total. The summed E-state index contributed by atoms with van der Waals surface area (Å²) in [6.45, 7) is 2.65. The standard InChI is InChI=1S/C12H13BrF2N2O3/c1-12(2,10(18)19)17(3)11(20)16-9-7(13)4-6(14)5-8(9)15/h4-5H,1-3H3,(H,16,20)(H,18,19). The van der Waals surface area contributed by atoms with Crippen molar-refractivity contribution in [2.45, 2.75) is 19.4 Å². The van der Waals surface area contributed by atoms with Gasteiger partial charge < -0.3 is 15.3 Å². The van der Waals surface area contributed by atoms with Gasteiger partial charge in [0, 0.05) is 17.6 Å². The normalized spacial score (nSPS) is 11.1. The fourth-order valence-corrected chi connectivity index (χ4v) is 1.76. The first kappa shape index (κ1) is 16.4. The van der Waals surface area contributed by atoms with Crippen LogP contribution in [-0.2, 0) is 4.79 Å². The topological polar surface area (TPSA) is 69.6 Å². The van der Waals surface area contributed by atoms with Crippen LogP contribution in [0.25, 0.3) is 0 Å². The summed E-state index contributed by atoms with van der Waals surface area (Å²) in [6.07, 6.45) is 0. The molecule has 20 heavy (non-hydrogen) atoms. The lowest BCUT2D eigenvalue weighted by molar-refractivity contribution is -0.146. The summed E-state index contributed by atoms with van der Waals surface area (Å²) < 4.78 is 26.5. The minimum atomic E-state index is -1.48. The van der Waals surface area contributed by atoms with Crippen LogP contribution in [0.3, 0.4) is 0 Å². The van der Waals surface area contributed by atoms with E-state index in [1.807, 2.05) is 0 Å². The molecule has 0 aliphatic heterocycles. The number of hydrogen-bond acceptors (Lipinski definition) is 2. The van der Waals surface area contributed by atoms with Gasteiger partial charge in [0.05, 0.1) is 5.69 Å². The quantitative estimate of drug-likeness (QED) is 0.880. The van der Waals surface area contributed by atoms with Crippen molar-refractivity contribution in [3.05, 3.63) is 28.2 Å². The number of amides is 2. The second-order valence-electron chi connectivity index (χ2n) is 4.60. The molecule has 1 rings (SSSR count). The lowest BCUT2D eigenvalue weighted by atomic mass is 10.1. The van der Waals surface area contributed by atoms with Gasteiger partial charge >= 0.3 is 12.0 Å². The van der Waals surface area contributed by atoms with Gasteiger partial charge in [-0.2, -0.15) is 0 Å². The molecule has 0 saturated heterocycles. The Kier molecular flexibility index (Phi) is 4.69. The predicted molar refractivity (Wildman–Crippen MR) is 72.6 cm³/mol. The number of halogens is 3. The van der Waals surface area contributed by atoms with Crippen LogP contribution >= 0.6 is 15.9 Å². The maximum absolute atomic E-state index is 13.6. The van der Waals surface area contributed by atoms with Gasteiger partial charge in [0.15, 0.2) is 5.82 Å². The molecule has 0 unspecified atom stereocenters. The Morgan fingerprint density at radius 2 is 1.90 bits per heavy atom. The average Bonchev–Trinajstić information content (AvgIpc) is 2.32. The van der Waals surface area contributed by atoms with Crippen LogP contribution in [0.5, 0.6) is 0 Å². The van der Waals surface area contributed by atoms with Crippen LogP contribution in [0, 0.1) is 11.6 Å². The molecule has 0 fully saturated rings. The number of aliphatic carboxylic acids is 1. The summed E-state index contributed by atoms with van der Waals surface area (Å²) in [5.74, 6) is -2.98. The molecule has 0 bridgehead atoms. The second kappa shape index (κ2) is 5.74. The van der Waals surface area contributed by atoms with Crippen LogP contribution in [0.2, 0.25) is 0 Å². The summed E-state index contributed by atoms with van der Waals surface area (Å²) in [7, 11) is 1.26. The van der Waals surface area contributed by atoms with Gasteiger partial charge in [-0.1, -0.05) is 0 Å². The lowest BCUT2D eigenvalue weighted by Crippen LogP contribution is -2.52. The Morgan fingerprint density at radius 1 is 1.35 bits per heavy atom. The Morgan fingerprint density at radius 3 is 2.35 bits per heavy atom. The molecule has 0 saturated carbocycles. The van der Waals surface area contributed by atoms with Crippen LogP contribution in [0.1, 0.15) is 13.8 Å². The van der Waals surface area contributed by atoms with Crippen LogP contribution in [-0.4, -0.2) is 34.6 Å². The molecule has 1 aromatic carbocycles. The van der Waals surface area contributed by atoms with Crippen molar-refractivity contribution < 1.29 is 23.5 Å². The molecule has 8 heteroatoms. The van der Waals surface area contributed by atoms with Gasteiger partial charge in [-0.15, -0.1) is 0 Å². The summed E-state index contributed by atoms with van der Waals surface area (Å²) in [5.41, 5.74) is -1.74. The highest BCUT2D eigenvalue weighted by Crippen LogP contribution is 2.27. The molecule has 1 aromatic rings. The highest BCUT2D eigenvalue weighted by molar-refractivity contribution is 9.10. The maximum atomic E-state index is 13.6. The smallest absolute Gasteiger partial charge is 0.329 e. The summed E-state index contributed by atoms with van der Waals surface area (Å²) in [5, 5.41) is 11.2. The van der Waals surface area contributed by atoms with Gasteiger partial charge in [-0.25, -0.2) is 18.4 Å². The summed E-state index contributed by atoms with van der Waals surface area (Å²) in [4.78, 5) is 23.9. The average molecular weight is 351 g/mol. The fourth-order valence-electron chi connectivity index (χ4n) is 1.25. The number of urea groups is 1. The molecule has 0 heterocycles. The van der Waals surface area contributed by atoms with Gasteiger partial charge in [-0.05, 0) is 35.8 Å². The number of hydrogen-bond donors (Lipinski definition) is 2. The number of benzene rings is 1. The molecule has 0 radical (unpaired) electrons. The maximum Gasteiger partial charge on any atom is 0.329 e. The van der Waals surface area contributed by atoms with Crippen molar-refractivity contribution in [2.24, 2.45) is 0 Å². The molecule has 0 spiro atoms. The van der Waals surface area contributed by atoms with E-state index in [-0.39, 0.29) is 10.2 Å². The Labute approximate surface area is 122 Å². The number of carbonyl (C=O) groups excluding carboxylic acids is 1. The van der Waals surface area contributed by atoms with Crippen molar-refractivity contribution in [3.63, 3.8) is 0 Å². The Bertz CT molecular complexity index is 541. The number of nitrogens with one attached hydrogen (secondary N) is 1. The zero-order valence-corrected chi connectivity index (χ0v) is 12.6. The van der Waals surface area contributed by atoms with Crippen LogP contribution < -0.4 is 5.32 Å². The Hall–Kier alpha value is -1.70. The van der Waals surface area contributed by atoms with E-state index in [9.17, 15) is 18.4 Å². The van der Waals surface area contributed by atoms with E-state index in [0.29, 0.717) is 6.07 Å². The zero-order valence-electron chi connectivity index (χ0n) is 11.0. The molecule has 0 aromatic heterocycles. The number of rotatable bonds is 3. The lowest BCUT2D eigenvalue weighted by Gasteiger charge is -2.31. The third-order valence-corrected chi connectivity index (χ3v) is 3.53. The van der Waals surface area contributed by atoms with Gasteiger partial charge in [0.25, 0.3) is 0 Å². The van der Waals surface area contributed by atoms with Crippen molar-refractivity contribution in [1.82, 2.24) is 4.90 Å². The van der Waals surface area contributed by atoms with E-state index in [2.05, 4.69) is 21.2 Å². The highest BCUT2D eigenvalue weighted by atomic mass is 79.9. The molecule has 0 aliphatic carbocycles. The van der Waals surface area contributed by atoms with Gasteiger partial charge in [0.2, 0.25) is 0 Å². The van der Waals surface area contributed by atoms with Gasteiger partial charge in [0.1, 0.15) is 11.4 Å². The number of carboxylic acid groups (broad SMARTS) is 1. The highest BCUT2D eigenvalue weighted by Gasteiger charge is 2.35. The number of nitrogens with zero attached hydrogens (tertiary/aromatic N) is 1. The predicted octanol–water partition coefficient (Wildman–Crippen LogP) is 3.05. The number of likely N-dealkylation sites (N-methyl/N-ethyl adjacent to an activating group) is 1. The molecule has 2 N–H and O–H groups in total. The Balaban J connectivity index is 3.00. The largest absolute Gasteiger partial charge is 0.480 e. The van der Waals surface area contributed by atoms with Gasteiger partial charge in [-0.3, -0.25) is 0 Å². The van der Waals surface area contributed by atoms with E-state index in [4.69, 9.17) is 5.11 Å². The van der Waals surface area contributed by atoms with Crippen LogP contribution in [0.4, 0.5) is 19.3 Å². The number of carboxylic acids is 1. The summed E-state index contributed by atoms with van der Waals surface area (Å²) in [6, 6.07) is 0.771. The molecule has 110 valence electrons. The first-order valence-corrected chi connectivity index (χ1v) is 6.29. The SMILES string of the molecule is CN(C(=O)Nc1c(F)cc(F)cc1Br)C(C)(C)C(=O)O. The fraction of sp³-hybridized carbons (Fsp3) is 0.333. The molecule has 2 amide bonds. The van der Waals surface area contributed by atoms with Crippen molar-refractivity contribution >= 4 is 33.6 Å². The molecular formula is C12H13BrF2N2O3. The van der Waals surface area contributed by atoms with E-state index >= 15 is 0 Å². The minimum absolute atomic E-state index is 0.0184. The monoisotopic (exact) mass is 350 g/mol. The third kappa shape index (κ3) is 3.24. The molecular weight excluding hydrogens is 338 g/mol. The molecule has 0 atom stereocenters. The van der Waals surface area contributed by atoms with Crippen molar-refractivity contribution in [2.75, 3.05) is 12.4 Å². The van der Waals surface area contributed by atoms with E-state index in [1.165, 1.54) is 20.9 Å². The first-order valence-electron chi connectivity index (χ1n) is 5.50. The number of carbonyl (C=O) groups is 2.